The molecule has 0 unspecified atom stereocenters. The molecule has 2 rings (SSSR count). The molecular formula is C12H21N3O3S. The van der Waals surface area contributed by atoms with Crippen molar-refractivity contribution >= 4 is 10.0 Å². The lowest BCUT2D eigenvalue weighted by molar-refractivity contribution is 0.153. The Balaban J connectivity index is 1.84. The average molecular weight is 287 g/mol. The first-order valence-corrected chi connectivity index (χ1v) is 8.08. The van der Waals surface area contributed by atoms with E-state index < -0.39 is 10.0 Å². The lowest BCUT2D eigenvalue weighted by Crippen LogP contribution is -2.27. The van der Waals surface area contributed by atoms with Crippen molar-refractivity contribution in [1.29, 1.82) is 0 Å². The van der Waals surface area contributed by atoms with E-state index in [0.29, 0.717) is 25.8 Å². The fraction of sp³-hybridized carbons (Fsp3) is 0.667. The highest BCUT2D eigenvalue weighted by atomic mass is 32.2. The molecule has 108 valence electrons. The number of hydrogen-bond donors (Lipinski definition) is 3. The number of aromatic amines is 1. The van der Waals surface area contributed by atoms with Crippen LogP contribution in [0.25, 0.3) is 0 Å². The van der Waals surface area contributed by atoms with E-state index in [2.05, 4.69) is 15.0 Å². The van der Waals surface area contributed by atoms with E-state index in [-0.39, 0.29) is 11.4 Å². The van der Waals surface area contributed by atoms with Crippen LogP contribution in [0, 0.1) is 0 Å². The number of H-pyrrole nitrogens is 1. The lowest BCUT2D eigenvalue weighted by Gasteiger charge is -2.04. The van der Waals surface area contributed by atoms with Crippen molar-refractivity contribution in [3.63, 3.8) is 0 Å². The molecule has 1 aromatic rings. The van der Waals surface area contributed by atoms with E-state index in [1.807, 2.05) is 6.92 Å². The van der Waals surface area contributed by atoms with E-state index in [4.69, 9.17) is 4.74 Å². The molecule has 0 spiro atoms. The average Bonchev–Trinajstić information content (AvgIpc) is 3.08. The summed E-state index contributed by atoms with van der Waals surface area (Å²) >= 11 is 0. The Morgan fingerprint density at radius 2 is 2.26 bits per heavy atom. The molecule has 3 N–H and O–H groups in total. The van der Waals surface area contributed by atoms with Crippen molar-refractivity contribution < 1.29 is 13.2 Å². The van der Waals surface area contributed by atoms with Crippen LogP contribution in [0.15, 0.2) is 17.2 Å². The van der Waals surface area contributed by atoms with Gasteiger partial charge in [-0.1, -0.05) is 0 Å². The molecule has 19 heavy (non-hydrogen) atoms. The molecule has 0 bridgehead atoms. The van der Waals surface area contributed by atoms with Crippen LogP contribution in [0.5, 0.6) is 0 Å². The largest absolute Gasteiger partial charge is 0.380 e. The van der Waals surface area contributed by atoms with Crippen LogP contribution >= 0.6 is 0 Å². The molecule has 0 atom stereocenters. The molecule has 1 fully saturated rings. The summed E-state index contributed by atoms with van der Waals surface area (Å²) in [5.41, 5.74) is 0.886. The fourth-order valence-corrected chi connectivity index (χ4v) is 2.72. The van der Waals surface area contributed by atoms with Crippen LogP contribution in [0.2, 0.25) is 0 Å². The van der Waals surface area contributed by atoms with Crippen molar-refractivity contribution in [3.8, 4) is 0 Å². The summed E-state index contributed by atoms with van der Waals surface area (Å²) in [5.74, 6) is 0. The van der Waals surface area contributed by atoms with Crippen molar-refractivity contribution in [1.82, 2.24) is 15.0 Å². The van der Waals surface area contributed by atoms with Gasteiger partial charge in [0.25, 0.3) is 0 Å². The maximum absolute atomic E-state index is 12.0. The molecule has 1 aliphatic rings. The highest BCUT2D eigenvalue weighted by Crippen LogP contribution is 2.19. The Kier molecular flexibility index (Phi) is 4.98. The number of sulfonamides is 1. The highest BCUT2D eigenvalue weighted by molar-refractivity contribution is 7.89. The van der Waals surface area contributed by atoms with E-state index >= 15 is 0 Å². The minimum Gasteiger partial charge on any atom is -0.380 e. The number of ether oxygens (including phenoxy) is 1. The van der Waals surface area contributed by atoms with Gasteiger partial charge in [0.1, 0.15) is 0 Å². The number of rotatable bonds is 9. The summed E-state index contributed by atoms with van der Waals surface area (Å²) < 4.78 is 31.5. The normalized spacial score (nSPS) is 15.8. The summed E-state index contributed by atoms with van der Waals surface area (Å²) in [4.78, 5) is 3.26. The first-order valence-electron chi connectivity index (χ1n) is 6.60. The molecule has 0 aliphatic heterocycles. The molecule has 0 aromatic carbocycles. The van der Waals surface area contributed by atoms with Gasteiger partial charge < -0.3 is 15.0 Å². The maximum Gasteiger partial charge on any atom is 0.242 e. The Labute approximate surface area is 114 Å². The Morgan fingerprint density at radius 3 is 2.95 bits per heavy atom. The maximum atomic E-state index is 12.0. The van der Waals surface area contributed by atoms with Gasteiger partial charge in [0, 0.05) is 37.6 Å². The van der Waals surface area contributed by atoms with Crippen molar-refractivity contribution in [3.05, 3.63) is 18.0 Å². The number of nitrogens with one attached hydrogen (secondary N) is 3. The van der Waals surface area contributed by atoms with Gasteiger partial charge in [-0.2, -0.15) is 0 Å². The summed E-state index contributed by atoms with van der Waals surface area (Å²) in [6.45, 7) is 3.81. The number of hydrogen-bond acceptors (Lipinski definition) is 4. The second kappa shape index (κ2) is 6.51. The molecule has 1 aromatic heterocycles. The monoisotopic (exact) mass is 287 g/mol. The topological polar surface area (TPSA) is 83.2 Å². The van der Waals surface area contributed by atoms with E-state index in [1.54, 1.807) is 6.07 Å². The predicted molar refractivity (Wildman–Crippen MR) is 72.3 cm³/mol. The van der Waals surface area contributed by atoms with Crippen molar-refractivity contribution in [2.75, 3.05) is 19.8 Å². The van der Waals surface area contributed by atoms with Gasteiger partial charge in [-0.25, -0.2) is 13.1 Å². The Morgan fingerprint density at radius 1 is 1.47 bits per heavy atom. The number of aromatic nitrogens is 1. The summed E-state index contributed by atoms with van der Waals surface area (Å²) in [5, 5.41) is 3.33. The smallest absolute Gasteiger partial charge is 0.242 e. The van der Waals surface area contributed by atoms with Crippen LogP contribution < -0.4 is 10.0 Å². The lowest BCUT2D eigenvalue weighted by atomic mass is 10.4. The standard InChI is InChI=1S/C12H21N3O3S/c1-2-18-6-5-15-19(16,17)12-7-11(14-9-12)8-13-10-3-4-10/h7,9-10,13-15H,2-6,8H2,1H3. The van der Waals surface area contributed by atoms with Gasteiger partial charge in [-0.3, -0.25) is 0 Å². The molecule has 0 radical (unpaired) electrons. The zero-order valence-electron chi connectivity index (χ0n) is 11.1. The third-order valence-electron chi connectivity index (χ3n) is 2.93. The van der Waals surface area contributed by atoms with Gasteiger partial charge in [0.05, 0.1) is 11.5 Å². The first-order chi connectivity index (χ1) is 9.12. The van der Waals surface area contributed by atoms with Crippen LogP contribution in [-0.4, -0.2) is 39.2 Å². The van der Waals surface area contributed by atoms with Crippen LogP contribution in [-0.2, 0) is 21.3 Å². The second-order valence-corrected chi connectivity index (χ2v) is 6.38. The van der Waals surface area contributed by atoms with Gasteiger partial charge >= 0.3 is 0 Å². The minimum absolute atomic E-state index is 0.275. The molecule has 7 heteroatoms. The minimum atomic E-state index is -3.43. The van der Waals surface area contributed by atoms with E-state index in [0.717, 1.165) is 5.69 Å². The highest BCUT2D eigenvalue weighted by Gasteiger charge is 2.21. The van der Waals surface area contributed by atoms with Crippen molar-refractivity contribution in [2.45, 2.75) is 37.2 Å². The van der Waals surface area contributed by atoms with Gasteiger partial charge in [-0.05, 0) is 25.8 Å². The van der Waals surface area contributed by atoms with Crippen LogP contribution in [0.1, 0.15) is 25.5 Å². The molecular weight excluding hydrogens is 266 g/mol. The third kappa shape index (κ3) is 4.61. The van der Waals surface area contributed by atoms with Gasteiger partial charge in [-0.15, -0.1) is 0 Å². The van der Waals surface area contributed by atoms with Crippen LogP contribution in [0.3, 0.4) is 0 Å². The predicted octanol–water partition coefficient (Wildman–Crippen LogP) is 0.582. The molecule has 1 heterocycles. The molecule has 6 nitrogen and oxygen atoms in total. The Bertz CT molecular complexity index is 494. The molecule has 1 saturated carbocycles. The zero-order chi connectivity index (χ0) is 13.7. The zero-order valence-corrected chi connectivity index (χ0v) is 11.9. The Hall–Kier alpha value is -0.890. The quantitative estimate of drug-likeness (QED) is 0.580. The molecule has 1 aliphatic carbocycles. The van der Waals surface area contributed by atoms with Gasteiger partial charge in [0.15, 0.2) is 0 Å². The van der Waals surface area contributed by atoms with E-state index in [1.165, 1.54) is 19.0 Å². The summed E-state index contributed by atoms with van der Waals surface area (Å²) in [6, 6.07) is 2.27. The van der Waals surface area contributed by atoms with Crippen LogP contribution in [0.4, 0.5) is 0 Å². The third-order valence-corrected chi connectivity index (χ3v) is 4.37. The summed E-state index contributed by atoms with van der Waals surface area (Å²) in [6.07, 6.45) is 3.95. The molecule has 0 amide bonds. The molecule has 0 saturated heterocycles. The SMILES string of the molecule is CCOCCNS(=O)(=O)c1c[nH]c(CNC2CC2)c1. The van der Waals surface area contributed by atoms with E-state index in [9.17, 15) is 8.42 Å². The summed E-state index contributed by atoms with van der Waals surface area (Å²) in [7, 11) is -3.43. The van der Waals surface area contributed by atoms with Crippen molar-refractivity contribution in [2.24, 2.45) is 0 Å². The second-order valence-electron chi connectivity index (χ2n) is 4.61. The van der Waals surface area contributed by atoms with Gasteiger partial charge in [0.2, 0.25) is 10.0 Å². The first kappa shape index (κ1) is 14.5. The fourth-order valence-electron chi connectivity index (χ4n) is 1.69.